The SMILES string of the molecule is Cc1ccc(-c2ccc(C[C@H]3C(=O)NCCN3C(=O)c3cnn4cc(C)cnc34)cc2)cc1. The van der Waals surface area contributed by atoms with Gasteiger partial charge < -0.3 is 10.2 Å². The zero-order valence-corrected chi connectivity index (χ0v) is 18.7. The second-order valence-electron chi connectivity index (χ2n) is 8.53. The van der Waals surface area contributed by atoms with Gasteiger partial charge in [0.05, 0.1) is 6.20 Å². The molecule has 0 spiro atoms. The molecule has 1 aliphatic rings. The van der Waals surface area contributed by atoms with Crippen LogP contribution in [0.4, 0.5) is 0 Å². The van der Waals surface area contributed by atoms with E-state index in [-0.39, 0.29) is 11.8 Å². The van der Waals surface area contributed by atoms with Gasteiger partial charge in [-0.1, -0.05) is 54.1 Å². The molecule has 33 heavy (non-hydrogen) atoms. The van der Waals surface area contributed by atoms with Gasteiger partial charge in [0.2, 0.25) is 5.91 Å². The number of amides is 2. The number of piperazine rings is 1. The van der Waals surface area contributed by atoms with Crippen LogP contribution in [0.15, 0.2) is 67.1 Å². The van der Waals surface area contributed by atoms with Gasteiger partial charge >= 0.3 is 0 Å². The highest BCUT2D eigenvalue weighted by molar-refractivity contribution is 6.02. The van der Waals surface area contributed by atoms with E-state index in [1.165, 1.54) is 11.8 Å². The molecule has 4 aromatic rings. The maximum atomic E-state index is 13.4. The molecule has 2 aromatic heterocycles. The van der Waals surface area contributed by atoms with Crippen molar-refractivity contribution in [3.05, 3.63) is 89.4 Å². The predicted molar refractivity (Wildman–Crippen MR) is 126 cm³/mol. The van der Waals surface area contributed by atoms with Crippen LogP contribution in [0.1, 0.15) is 27.0 Å². The van der Waals surface area contributed by atoms with Gasteiger partial charge in [-0.25, -0.2) is 9.50 Å². The summed E-state index contributed by atoms with van der Waals surface area (Å²) in [5, 5.41) is 7.17. The Morgan fingerprint density at radius 1 is 1.00 bits per heavy atom. The minimum absolute atomic E-state index is 0.141. The summed E-state index contributed by atoms with van der Waals surface area (Å²) in [6.45, 7) is 4.86. The third kappa shape index (κ3) is 4.09. The zero-order valence-electron chi connectivity index (χ0n) is 18.7. The lowest BCUT2D eigenvalue weighted by atomic mass is 9.98. The smallest absolute Gasteiger partial charge is 0.260 e. The topological polar surface area (TPSA) is 79.6 Å². The molecule has 7 heteroatoms. The number of aromatic nitrogens is 3. The second-order valence-corrected chi connectivity index (χ2v) is 8.53. The standard InChI is InChI=1S/C26H25N5O2/c1-17-3-7-20(8-4-17)21-9-5-19(6-10-21)13-23-25(32)27-11-12-30(23)26(33)22-15-29-31-16-18(2)14-28-24(22)31/h3-10,14-16,23H,11-13H2,1-2H3,(H,27,32)/t23-/m0/s1. The van der Waals surface area contributed by atoms with Crippen LogP contribution >= 0.6 is 0 Å². The molecule has 0 unspecified atom stereocenters. The van der Waals surface area contributed by atoms with Crippen LogP contribution in [-0.4, -0.2) is 50.4 Å². The first kappa shape index (κ1) is 20.9. The molecule has 2 amide bonds. The first-order valence-corrected chi connectivity index (χ1v) is 11.0. The molecular weight excluding hydrogens is 414 g/mol. The predicted octanol–water partition coefficient (Wildman–Crippen LogP) is 3.20. The Balaban J connectivity index is 1.39. The zero-order chi connectivity index (χ0) is 22.9. The van der Waals surface area contributed by atoms with Crippen molar-refractivity contribution in [1.82, 2.24) is 24.8 Å². The fourth-order valence-electron chi connectivity index (χ4n) is 4.24. The summed E-state index contributed by atoms with van der Waals surface area (Å²) in [7, 11) is 0. The van der Waals surface area contributed by atoms with Crippen LogP contribution in [0.2, 0.25) is 0 Å². The van der Waals surface area contributed by atoms with E-state index in [2.05, 4.69) is 58.7 Å². The van der Waals surface area contributed by atoms with Crippen LogP contribution in [-0.2, 0) is 11.2 Å². The van der Waals surface area contributed by atoms with Gasteiger partial charge in [0.1, 0.15) is 11.6 Å². The minimum Gasteiger partial charge on any atom is -0.353 e. The molecule has 0 aliphatic carbocycles. The first-order chi connectivity index (χ1) is 16.0. The fraction of sp³-hybridized carbons (Fsp3) is 0.231. The number of carbonyl (C=O) groups excluding carboxylic acids is 2. The molecule has 1 fully saturated rings. The number of aryl methyl sites for hydroxylation is 2. The average Bonchev–Trinajstić information content (AvgIpc) is 3.24. The lowest BCUT2D eigenvalue weighted by Gasteiger charge is -2.35. The monoisotopic (exact) mass is 439 g/mol. The molecule has 7 nitrogen and oxygen atoms in total. The Morgan fingerprint density at radius 3 is 2.42 bits per heavy atom. The van der Waals surface area contributed by atoms with E-state index >= 15 is 0 Å². The molecule has 1 N–H and O–H groups in total. The fourth-order valence-corrected chi connectivity index (χ4v) is 4.24. The molecular formula is C26H25N5O2. The third-order valence-electron chi connectivity index (χ3n) is 6.08. The number of nitrogens with one attached hydrogen (secondary N) is 1. The van der Waals surface area contributed by atoms with Gasteiger partial charge in [-0.2, -0.15) is 5.10 Å². The van der Waals surface area contributed by atoms with Crippen LogP contribution in [0, 0.1) is 13.8 Å². The van der Waals surface area contributed by atoms with Gasteiger partial charge in [-0.3, -0.25) is 9.59 Å². The number of rotatable bonds is 4. The molecule has 1 atom stereocenters. The number of fused-ring (bicyclic) bond motifs is 1. The maximum Gasteiger partial charge on any atom is 0.260 e. The van der Waals surface area contributed by atoms with Crippen LogP contribution in [0.25, 0.3) is 16.8 Å². The Kier molecular flexibility index (Phi) is 5.38. The van der Waals surface area contributed by atoms with E-state index in [0.29, 0.717) is 30.7 Å². The lowest BCUT2D eigenvalue weighted by Crippen LogP contribution is -2.58. The Morgan fingerprint density at radius 2 is 1.70 bits per heavy atom. The van der Waals surface area contributed by atoms with Crippen molar-refractivity contribution < 1.29 is 9.59 Å². The molecule has 166 valence electrons. The lowest BCUT2D eigenvalue weighted by molar-refractivity contribution is -0.127. The average molecular weight is 440 g/mol. The van der Waals surface area contributed by atoms with Crippen molar-refractivity contribution in [3.63, 3.8) is 0 Å². The van der Waals surface area contributed by atoms with E-state index < -0.39 is 6.04 Å². The normalized spacial score (nSPS) is 16.1. The summed E-state index contributed by atoms with van der Waals surface area (Å²) in [5.41, 5.74) is 6.35. The molecule has 3 heterocycles. The van der Waals surface area contributed by atoms with Gasteiger partial charge in [-0.05, 0) is 36.1 Å². The van der Waals surface area contributed by atoms with Crippen molar-refractivity contribution in [2.24, 2.45) is 0 Å². The van der Waals surface area contributed by atoms with Crippen LogP contribution in [0.3, 0.4) is 0 Å². The summed E-state index contributed by atoms with van der Waals surface area (Å²) >= 11 is 0. The Bertz CT molecular complexity index is 1330. The van der Waals surface area contributed by atoms with Gasteiger partial charge in [0, 0.05) is 31.9 Å². The molecule has 0 bridgehead atoms. The highest BCUT2D eigenvalue weighted by Gasteiger charge is 2.35. The van der Waals surface area contributed by atoms with Gasteiger partial charge in [0.25, 0.3) is 5.91 Å². The number of hydrogen-bond acceptors (Lipinski definition) is 4. The minimum atomic E-state index is -0.586. The van der Waals surface area contributed by atoms with Crippen molar-refractivity contribution in [3.8, 4) is 11.1 Å². The maximum absolute atomic E-state index is 13.4. The van der Waals surface area contributed by atoms with Crippen LogP contribution in [0.5, 0.6) is 0 Å². The molecule has 2 aromatic carbocycles. The third-order valence-corrected chi connectivity index (χ3v) is 6.08. The Labute approximate surface area is 192 Å². The van der Waals surface area contributed by atoms with E-state index in [9.17, 15) is 9.59 Å². The summed E-state index contributed by atoms with van der Waals surface area (Å²) in [6.07, 6.45) is 5.51. The summed E-state index contributed by atoms with van der Waals surface area (Å²) in [6, 6.07) is 16.0. The largest absolute Gasteiger partial charge is 0.353 e. The number of carbonyl (C=O) groups is 2. The Hall–Kier alpha value is -4.00. The summed E-state index contributed by atoms with van der Waals surface area (Å²) < 4.78 is 1.60. The van der Waals surface area contributed by atoms with Crippen molar-refractivity contribution >= 4 is 17.5 Å². The number of hydrogen-bond donors (Lipinski definition) is 1. The molecule has 5 rings (SSSR count). The van der Waals surface area contributed by atoms with Crippen molar-refractivity contribution in [2.75, 3.05) is 13.1 Å². The van der Waals surface area contributed by atoms with Gasteiger partial charge in [0.15, 0.2) is 5.65 Å². The van der Waals surface area contributed by atoms with E-state index in [4.69, 9.17) is 0 Å². The number of nitrogens with zero attached hydrogens (tertiary/aromatic N) is 4. The summed E-state index contributed by atoms with van der Waals surface area (Å²) in [4.78, 5) is 32.2. The highest BCUT2D eigenvalue weighted by Crippen LogP contribution is 2.23. The number of benzene rings is 2. The molecule has 0 radical (unpaired) electrons. The van der Waals surface area contributed by atoms with Crippen LogP contribution < -0.4 is 5.32 Å². The van der Waals surface area contributed by atoms with Crippen molar-refractivity contribution in [1.29, 1.82) is 0 Å². The van der Waals surface area contributed by atoms with Gasteiger partial charge in [-0.15, -0.1) is 0 Å². The van der Waals surface area contributed by atoms with E-state index in [1.54, 1.807) is 15.6 Å². The molecule has 0 saturated carbocycles. The second kappa shape index (κ2) is 8.50. The first-order valence-electron chi connectivity index (χ1n) is 11.0. The molecule has 1 saturated heterocycles. The van der Waals surface area contributed by atoms with E-state index in [0.717, 1.165) is 22.3 Å². The van der Waals surface area contributed by atoms with E-state index in [1.807, 2.05) is 25.3 Å². The van der Waals surface area contributed by atoms with Crippen molar-refractivity contribution in [2.45, 2.75) is 26.3 Å². The highest BCUT2D eigenvalue weighted by atomic mass is 16.2. The molecule has 1 aliphatic heterocycles. The summed E-state index contributed by atoms with van der Waals surface area (Å²) in [5.74, 6) is -0.366. The quantitative estimate of drug-likeness (QED) is 0.530.